The average molecular weight is 715 g/mol. The quantitative estimate of drug-likeness (QED) is 0.0775. The van der Waals surface area contributed by atoms with Crippen molar-refractivity contribution in [3.8, 4) is 0 Å². The van der Waals surface area contributed by atoms with Crippen LogP contribution in [-0.2, 0) is 4.79 Å². The van der Waals surface area contributed by atoms with E-state index in [1.165, 1.54) is 0 Å². The molecule has 6 N–H and O–H groups in total. The third kappa shape index (κ3) is 6.76. The molecule has 1 amide bonds. The van der Waals surface area contributed by atoms with Gasteiger partial charge in [0, 0.05) is 7.05 Å². The summed E-state index contributed by atoms with van der Waals surface area (Å²) in [6.45, 7) is 0. The average Bonchev–Trinajstić information content (AvgIpc) is 2.96. The number of nitrogens with zero attached hydrogens (tertiary/aromatic N) is 4. The van der Waals surface area contributed by atoms with E-state index in [2.05, 4.69) is 5.32 Å². The molecule has 0 unspecified atom stereocenters. The minimum absolute atomic E-state index is 0. The fourth-order valence-corrected chi connectivity index (χ4v) is 4.23. The normalized spacial score (nSPS) is 10.8. The molecule has 0 atom stereocenters. The number of fused-ring (bicyclic) bond motifs is 2. The number of hydrogen-bond acceptors (Lipinski definition) is 12. The molecule has 0 spiro atoms. The van der Waals surface area contributed by atoms with Crippen molar-refractivity contribution in [2.75, 3.05) is 29.1 Å². The maximum absolute atomic E-state index is 14.4. The van der Waals surface area contributed by atoms with Crippen LogP contribution in [0.5, 0.6) is 0 Å². The van der Waals surface area contributed by atoms with Crippen molar-refractivity contribution in [2.45, 2.75) is 6.18 Å². The van der Waals surface area contributed by atoms with Gasteiger partial charge < -0.3 is 22.1 Å². The van der Waals surface area contributed by atoms with Crippen LogP contribution in [0.2, 0.25) is 0 Å². The number of nitro groups is 4. The largest absolute Gasteiger partial charge is 0.471 e. The Morgan fingerprint density at radius 1 is 0.625 bits per heavy atom. The highest BCUT2D eigenvalue weighted by molar-refractivity contribution is 6.12. The molecule has 4 aromatic rings. The molecule has 0 heterocycles. The summed E-state index contributed by atoms with van der Waals surface area (Å²) in [5.41, 5.74) is 3.56. The number of alkyl halides is 3. The number of carbonyl (C=O) groups is 1. The molecule has 0 aliphatic rings. The SMILES string of the molecule is CNc1c([N+](=O)[O-])cc(F)c2c(NC(=O)C(F)(F)F)c([N+](=O)[O-])cc(F)c12.Cl.Nc1c([N+](=O)[O-])cc(F)c2c(N)c([N+](=O)[O-])cc(F)c12. The minimum atomic E-state index is -5.49. The van der Waals surface area contributed by atoms with E-state index in [1.807, 2.05) is 0 Å². The van der Waals surface area contributed by atoms with Crippen molar-refractivity contribution in [3.05, 3.63) is 88.0 Å². The third-order valence-electron chi connectivity index (χ3n) is 6.14. The van der Waals surface area contributed by atoms with Gasteiger partial charge >= 0.3 is 12.1 Å². The van der Waals surface area contributed by atoms with Crippen LogP contribution in [0.4, 0.5) is 76.2 Å². The van der Waals surface area contributed by atoms with E-state index in [0.717, 1.165) is 12.4 Å². The summed E-state index contributed by atoms with van der Waals surface area (Å²) in [5, 5.41) is 43.4. The van der Waals surface area contributed by atoms with Gasteiger partial charge in [0.15, 0.2) is 0 Å². The predicted octanol–water partition coefficient (Wildman–Crippen LogP) is 6.00. The van der Waals surface area contributed by atoms with Crippen LogP contribution < -0.4 is 22.1 Å². The summed E-state index contributed by atoms with van der Waals surface area (Å²) in [6.07, 6.45) is -5.49. The zero-order chi connectivity index (χ0) is 35.9. The van der Waals surface area contributed by atoms with E-state index in [-0.39, 0.29) is 24.5 Å². The van der Waals surface area contributed by atoms with Gasteiger partial charge in [0.05, 0.1) is 65.5 Å². The molecule has 0 radical (unpaired) electrons. The lowest BCUT2D eigenvalue weighted by Gasteiger charge is -2.14. The molecular formula is C23H14ClF7N8O9. The van der Waals surface area contributed by atoms with Gasteiger partial charge in [0.25, 0.3) is 22.7 Å². The maximum atomic E-state index is 14.4. The Balaban J connectivity index is 0.000000340. The van der Waals surface area contributed by atoms with E-state index >= 15 is 0 Å². The van der Waals surface area contributed by atoms with Crippen LogP contribution in [0.15, 0.2) is 24.3 Å². The number of nitro benzene ring substituents is 4. The molecule has 0 fully saturated rings. The Morgan fingerprint density at radius 2 is 0.917 bits per heavy atom. The van der Waals surface area contributed by atoms with Crippen molar-refractivity contribution >= 4 is 85.4 Å². The van der Waals surface area contributed by atoms with Crippen LogP contribution in [0.3, 0.4) is 0 Å². The second-order valence-electron chi connectivity index (χ2n) is 8.82. The fourth-order valence-electron chi connectivity index (χ4n) is 4.23. The topological polar surface area (TPSA) is 266 Å². The number of nitrogen functional groups attached to an aromatic ring is 2. The standard InChI is InChI=1S/C13H7F5N4O5.C10H6F2N4O4.ClH/c1-19-10-6(21(24)25)2-5(15)9-8(10)4(14)3-7(22(26)27)11(9)20-12(23)13(16,17)18;11-3-1-5(15(17)18)9(13)8-4(12)2-6(16(19)20)10(14)7(3)8;/h2-3,19H,1H3,(H,20,23);1-2H,13-14H2;1H. The van der Waals surface area contributed by atoms with E-state index in [1.54, 1.807) is 0 Å². The molecule has 4 rings (SSSR count). The first kappa shape index (κ1) is 37.9. The van der Waals surface area contributed by atoms with Gasteiger partial charge in [-0.05, 0) is 0 Å². The molecule has 256 valence electrons. The van der Waals surface area contributed by atoms with Gasteiger partial charge in [-0.25, -0.2) is 17.6 Å². The zero-order valence-electron chi connectivity index (χ0n) is 23.0. The van der Waals surface area contributed by atoms with Gasteiger partial charge in [-0.3, -0.25) is 45.3 Å². The third-order valence-corrected chi connectivity index (χ3v) is 6.14. The highest BCUT2D eigenvalue weighted by Crippen LogP contribution is 2.44. The molecule has 0 saturated heterocycles. The molecule has 0 saturated carbocycles. The van der Waals surface area contributed by atoms with E-state index in [0.29, 0.717) is 12.1 Å². The Hall–Kier alpha value is -6.33. The molecule has 0 aromatic heterocycles. The van der Waals surface area contributed by atoms with E-state index in [9.17, 15) is 76.0 Å². The minimum Gasteiger partial charge on any atom is -0.393 e. The number of carbonyl (C=O) groups excluding carboxylic acids is 1. The molecule has 25 heteroatoms. The molecular weight excluding hydrogens is 701 g/mol. The zero-order valence-corrected chi connectivity index (χ0v) is 23.8. The van der Waals surface area contributed by atoms with Crippen molar-refractivity contribution in [1.82, 2.24) is 0 Å². The van der Waals surface area contributed by atoms with Crippen LogP contribution in [0, 0.1) is 63.7 Å². The lowest BCUT2D eigenvalue weighted by atomic mass is 10.0. The first-order valence-electron chi connectivity index (χ1n) is 11.8. The summed E-state index contributed by atoms with van der Waals surface area (Å²) >= 11 is 0. The van der Waals surface area contributed by atoms with Crippen LogP contribution in [0.25, 0.3) is 21.5 Å². The summed E-state index contributed by atoms with van der Waals surface area (Å²) < 4.78 is 94.0. The predicted molar refractivity (Wildman–Crippen MR) is 155 cm³/mol. The molecule has 0 aliphatic carbocycles. The molecule has 17 nitrogen and oxygen atoms in total. The van der Waals surface area contributed by atoms with E-state index in [4.69, 9.17) is 11.5 Å². The molecule has 48 heavy (non-hydrogen) atoms. The Labute approximate surface area is 264 Å². The number of nitrogens with two attached hydrogens (primary N) is 2. The van der Waals surface area contributed by atoms with Crippen molar-refractivity contribution in [3.63, 3.8) is 0 Å². The maximum Gasteiger partial charge on any atom is 0.471 e. The lowest BCUT2D eigenvalue weighted by molar-refractivity contribution is -0.384. The van der Waals surface area contributed by atoms with Gasteiger partial charge in [0.1, 0.15) is 46.0 Å². The molecule has 0 bridgehead atoms. The van der Waals surface area contributed by atoms with Gasteiger partial charge in [-0.1, -0.05) is 0 Å². The second kappa shape index (κ2) is 13.6. The Morgan fingerprint density at radius 3 is 1.23 bits per heavy atom. The van der Waals surface area contributed by atoms with Gasteiger partial charge in [-0.2, -0.15) is 13.2 Å². The summed E-state index contributed by atoms with van der Waals surface area (Å²) in [6, 6.07) is 1.24. The number of benzene rings is 4. The fraction of sp³-hybridized carbons (Fsp3) is 0.0870. The second-order valence-corrected chi connectivity index (χ2v) is 8.82. The number of rotatable bonds is 6. The number of nitrogens with one attached hydrogen (secondary N) is 2. The van der Waals surface area contributed by atoms with Gasteiger partial charge in [0.2, 0.25) is 0 Å². The van der Waals surface area contributed by atoms with Crippen LogP contribution in [-0.4, -0.2) is 38.8 Å². The Kier molecular flexibility index (Phi) is 10.7. The summed E-state index contributed by atoms with van der Waals surface area (Å²) in [7, 11) is 1.08. The van der Waals surface area contributed by atoms with E-state index < -0.39 is 122 Å². The smallest absolute Gasteiger partial charge is 0.393 e. The van der Waals surface area contributed by atoms with Gasteiger partial charge in [-0.15, -0.1) is 12.4 Å². The van der Waals surface area contributed by atoms with Crippen molar-refractivity contribution in [2.24, 2.45) is 0 Å². The summed E-state index contributed by atoms with van der Waals surface area (Å²) in [4.78, 5) is 50.2. The Bertz CT molecular complexity index is 2000. The van der Waals surface area contributed by atoms with Crippen LogP contribution >= 0.6 is 12.4 Å². The number of halogens is 8. The van der Waals surface area contributed by atoms with Crippen LogP contribution in [0.1, 0.15) is 0 Å². The van der Waals surface area contributed by atoms with Crippen molar-refractivity contribution < 1.29 is 55.2 Å². The monoisotopic (exact) mass is 714 g/mol. The number of anilines is 4. The first-order chi connectivity index (χ1) is 21.6. The number of hydrogen-bond donors (Lipinski definition) is 4. The summed E-state index contributed by atoms with van der Waals surface area (Å²) in [5.74, 6) is -8.37. The molecule has 0 aliphatic heterocycles. The lowest BCUT2D eigenvalue weighted by Crippen LogP contribution is -2.30. The molecule has 4 aromatic carbocycles. The highest BCUT2D eigenvalue weighted by Gasteiger charge is 2.41. The highest BCUT2D eigenvalue weighted by atomic mass is 35.5. The number of amides is 1. The van der Waals surface area contributed by atoms with Crippen molar-refractivity contribution in [1.29, 1.82) is 0 Å². The first-order valence-corrected chi connectivity index (χ1v) is 11.8.